The summed E-state index contributed by atoms with van der Waals surface area (Å²) in [5.74, 6) is 0.753. The van der Waals surface area contributed by atoms with Crippen molar-refractivity contribution in [2.24, 2.45) is 0 Å². The lowest BCUT2D eigenvalue weighted by Gasteiger charge is -1.91. The second-order valence-electron chi connectivity index (χ2n) is 3.61. The summed E-state index contributed by atoms with van der Waals surface area (Å²) < 4.78 is 1.71. The standard InChI is InChI=1S/C11H10N4S/c1-7-2-4-9(16-7)11-13-10-5-3-8(12)6-15(10)14-11/h2-6H,12H2,1H3. The largest absolute Gasteiger partial charge is 0.397 e. The Kier molecular flexibility index (Phi) is 1.94. The minimum Gasteiger partial charge on any atom is -0.397 e. The van der Waals surface area contributed by atoms with E-state index in [1.165, 1.54) is 4.88 Å². The van der Waals surface area contributed by atoms with E-state index in [1.54, 1.807) is 22.0 Å². The van der Waals surface area contributed by atoms with Crippen LogP contribution in [0.2, 0.25) is 0 Å². The van der Waals surface area contributed by atoms with E-state index in [2.05, 4.69) is 23.1 Å². The Balaban J connectivity index is 2.18. The van der Waals surface area contributed by atoms with Crippen molar-refractivity contribution in [3.05, 3.63) is 35.3 Å². The molecule has 16 heavy (non-hydrogen) atoms. The smallest absolute Gasteiger partial charge is 0.192 e. The number of nitrogens with two attached hydrogens (primary N) is 1. The number of pyridine rings is 1. The fourth-order valence-corrected chi connectivity index (χ4v) is 2.35. The summed E-state index contributed by atoms with van der Waals surface area (Å²) in [4.78, 5) is 6.78. The van der Waals surface area contributed by atoms with Gasteiger partial charge < -0.3 is 5.73 Å². The van der Waals surface area contributed by atoms with E-state index in [-0.39, 0.29) is 0 Å². The summed E-state index contributed by atoms with van der Waals surface area (Å²) in [5.41, 5.74) is 7.19. The van der Waals surface area contributed by atoms with Gasteiger partial charge >= 0.3 is 0 Å². The van der Waals surface area contributed by atoms with Crippen molar-refractivity contribution in [3.63, 3.8) is 0 Å². The molecule has 0 saturated heterocycles. The maximum Gasteiger partial charge on any atom is 0.192 e. The zero-order valence-electron chi connectivity index (χ0n) is 8.71. The Morgan fingerprint density at radius 2 is 2.12 bits per heavy atom. The molecule has 3 aromatic heterocycles. The van der Waals surface area contributed by atoms with E-state index in [1.807, 2.05) is 18.2 Å². The van der Waals surface area contributed by atoms with Crippen LogP contribution in [0.15, 0.2) is 30.5 Å². The van der Waals surface area contributed by atoms with E-state index in [0.717, 1.165) is 16.3 Å². The average molecular weight is 230 g/mol. The molecule has 80 valence electrons. The molecule has 0 aliphatic heterocycles. The molecular formula is C11H10N4S. The second kappa shape index (κ2) is 3.31. The first kappa shape index (κ1) is 9.35. The summed E-state index contributed by atoms with van der Waals surface area (Å²) in [6, 6.07) is 7.80. The SMILES string of the molecule is Cc1ccc(-c2nc3ccc(N)cn3n2)s1. The molecule has 4 nitrogen and oxygen atoms in total. The molecule has 0 bridgehead atoms. The molecule has 0 atom stereocenters. The van der Waals surface area contributed by atoms with Gasteiger partial charge in [-0.1, -0.05) is 0 Å². The van der Waals surface area contributed by atoms with E-state index >= 15 is 0 Å². The summed E-state index contributed by atoms with van der Waals surface area (Å²) in [6.07, 6.45) is 1.77. The Morgan fingerprint density at radius 3 is 2.88 bits per heavy atom. The minimum atomic E-state index is 0.686. The zero-order chi connectivity index (χ0) is 11.1. The van der Waals surface area contributed by atoms with Crippen LogP contribution in [-0.4, -0.2) is 14.6 Å². The number of nitrogen functional groups attached to an aromatic ring is 1. The Morgan fingerprint density at radius 1 is 1.25 bits per heavy atom. The Labute approximate surface area is 96.4 Å². The predicted molar refractivity (Wildman–Crippen MR) is 65.4 cm³/mol. The quantitative estimate of drug-likeness (QED) is 0.698. The molecule has 3 aromatic rings. The van der Waals surface area contributed by atoms with Gasteiger partial charge in [0.25, 0.3) is 0 Å². The van der Waals surface area contributed by atoms with Crippen LogP contribution in [0.5, 0.6) is 0 Å². The molecule has 3 rings (SSSR count). The van der Waals surface area contributed by atoms with Crippen LogP contribution < -0.4 is 5.73 Å². The number of hydrogen-bond donors (Lipinski definition) is 1. The first-order chi connectivity index (χ1) is 7.72. The average Bonchev–Trinajstić information content (AvgIpc) is 2.83. The molecule has 0 radical (unpaired) electrons. The van der Waals surface area contributed by atoms with Crippen LogP contribution in [0.25, 0.3) is 16.3 Å². The highest BCUT2D eigenvalue weighted by Crippen LogP contribution is 2.25. The first-order valence-electron chi connectivity index (χ1n) is 4.91. The maximum atomic E-state index is 5.69. The number of aryl methyl sites for hydroxylation is 1. The van der Waals surface area contributed by atoms with Crippen LogP contribution in [-0.2, 0) is 0 Å². The lowest BCUT2D eigenvalue weighted by atomic mass is 10.4. The molecular weight excluding hydrogens is 220 g/mol. The molecule has 0 spiro atoms. The van der Waals surface area contributed by atoms with Gasteiger partial charge in [-0.2, -0.15) is 0 Å². The molecule has 0 fully saturated rings. The van der Waals surface area contributed by atoms with Crippen LogP contribution in [0, 0.1) is 6.92 Å². The topological polar surface area (TPSA) is 56.2 Å². The van der Waals surface area contributed by atoms with Gasteiger partial charge in [-0.25, -0.2) is 9.50 Å². The Hall–Kier alpha value is -1.88. The third-order valence-corrected chi connectivity index (χ3v) is 3.31. The van der Waals surface area contributed by atoms with E-state index in [9.17, 15) is 0 Å². The summed E-state index contributed by atoms with van der Waals surface area (Å²) in [5, 5.41) is 4.39. The molecule has 0 aliphatic rings. The van der Waals surface area contributed by atoms with Gasteiger partial charge in [0.05, 0.1) is 16.8 Å². The van der Waals surface area contributed by atoms with Crippen molar-refractivity contribution < 1.29 is 0 Å². The predicted octanol–water partition coefficient (Wildman–Crippen LogP) is 2.35. The first-order valence-corrected chi connectivity index (χ1v) is 5.73. The van der Waals surface area contributed by atoms with Crippen molar-refractivity contribution >= 4 is 22.7 Å². The van der Waals surface area contributed by atoms with Gasteiger partial charge in [-0.3, -0.25) is 0 Å². The van der Waals surface area contributed by atoms with Crippen LogP contribution >= 0.6 is 11.3 Å². The van der Waals surface area contributed by atoms with Gasteiger partial charge in [0.2, 0.25) is 0 Å². The van der Waals surface area contributed by atoms with Crippen molar-refractivity contribution in [2.45, 2.75) is 6.92 Å². The third kappa shape index (κ3) is 1.45. The lowest BCUT2D eigenvalue weighted by Crippen LogP contribution is -1.91. The number of hydrogen-bond acceptors (Lipinski definition) is 4. The third-order valence-electron chi connectivity index (χ3n) is 2.31. The van der Waals surface area contributed by atoms with Gasteiger partial charge in [-0.15, -0.1) is 16.4 Å². The highest BCUT2D eigenvalue weighted by atomic mass is 32.1. The van der Waals surface area contributed by atoms with Gasteiger partial charge in [0.1, 0.15) is 0 Å². The molecule has 0 aliphatic carbocycles. The van der Waals surface area contributed by atoms with E-state index in [4.69, 9.17) is 5.73 Å². The number of thiophene rings is 1. The lowest BCUT2D eigenvalue weighted by molar-refractivity contribution is 0.969. The zero-order valence-corrected chi connectivity index (χ0v) is 9.53. The number of fused-ring (bicyclic) bond motifs is 1. The van der Waals surface area contributed by atoms with Gasteiger partial charge in [0.15, 0.2) is 11.5 Å². The number of anilines is 1. The van der Waals surface area contributed by atoms with Gasteiger partial charge in [0, 0.05) is 4.88 Å². The van der Waals surface area contributed by atoms with Gasteiger partial charge in [-0.05, 0) is 31.2 Å². The summed E-state index contributed by atoms with van der Waals surface area (Å²) in [7, 11) is 0. The molecule has 0 aromatic carbocycles. The van der Waals surface area contributed by atoms with Crippen molar-refractivity contribution in [1.82, 2.24) is 14.6 Å². The molecule has 3 heterocycles. The monoisotopic (exact) mass is 230 g/mol. The molecule has 0 saturated carbocycles. The highest BCUT2D eigenvalue weighted by Gasteiger charge is 2.07. The summed E-state index contributed by atoms with van der Waals surface area (Å²) in [6.45, 7) is 2.07. The van der Waals surface area contributed by atoms with E-state index < -0.39 is 0 Å². The van der Waals surface area contributed by atoms with Crippen LogP contribution in [0.3, 0.4) is 0 Å². The normalized spacial score (nSPS) is 11.1. The minimum absolute atomic E-state index is 0.686. The number of rotatable bonds is 1. The molecule has 0 unspecified atom stereocenters. The van der Waals surface area contributed by atoms with E-state index in [0.29, 0.717) is 5.69 Å². The summed E-state index contributed by atoms with van der Waals surface area (Å²) >= 11 is 1.69. The fraction of sp³-hybridized carbons (Fsp3) is 0.0909. The second-order valence-corrected chi connectivity index (χ2v) is 4.90. The van der Waals surface area contributed by atoms with Crippen LogP contribution in [0.4, 0.5) is 5.69 Å². The molecule has 5 heteroatoms. The Bertz CT molecular complexity index is 653. The van der Waals surface area contributed by atoms with Crippen molar-refractivity contribution in [2.75, 3.05) is 5.73 Å². The molecule has 0 amide bonds. The fourth-order valence-electron chi connectivity index (χ4n) is 1.56. The van der Waals surface area contributed by atoms with Crippen LogP contribution in [0.1, 0.15) is 4.88 Å². The highest BCUT2D eigenvalue weighted by molar-refractivity contribution is 7.15. The van der Waals surface area contributed by atoms with Crippen molar-refractivity contribution in [3.8, 4) is 10.7 Å². The number of aromatic nitrogens is 3. The maximum absolute atomic E-state index is 5.69. The molecule has 2 N–H and O–H groups in total. The van der Waals surface area contributed by atoms with Crippen molar-refractivity contribution in [1.29, 1.82) is 0 Å². The number of nitrogens with zero attached hydrogens (tertiary/aromatic N) is 3.